The predicted molar refractivity (Wildman–Crippen MR) is 78.5 cm³/mol. The normalized spacial score (nSPS) is 14.1. The van der Waals surface area contributed by atoms with Gasteiger partial charge in [-0.1, -0.05) is 24.3 Å². The van der Waals surface area contributed by atoms with Gasteiger partial charge in [0.15, 0.2) is 0 Å². The van der Waals surface area contributed by atoms with Crippen LogP contribution in [-0.2, 0) is 12.8 Å². The van der Waals surface area contributed by atoms with Gasteiger partial charge in [0.25, 0.3) is 0 Å². The van der Waals surface area contributed by atoms with Gasteiger partial charge < -0.3 is 5.11 Å². The molecule has 0 bridgehead atoms. The van der Waals surface area contributed by atoms with Crippen LogP contribution >= 0.6 is 15.9 Å². The van der Waals surface area contributed by atoms with Gasteiger partial charge in [0, 0.05) is 12.8 Å². The van der Waals surface area contributed by atoms with E-state index in [1.807, 2.05) is 0 Å². The first-order chi connectivity index (χ1) is 9.37. The van der Waals surface area contributed by atoms with Crippen LogP contribution in [0.5, 0.6) is 0 Å². The Hall–Kier alpha value is -1.26. The fourth-order valence-corrected chi connectivity index (χ4v) is 2.65. The molecule has 2 rings (SSSR count). The van der Waals surface area contributed by atoms with E-state index in [9.17, 15) is 13.9 Å². The molecule has 0 saturated heterocycles. The van der Waals surface area contributed by atoms with E-state index in [0.29, 0.717) is 22.0 Å². The largest absolute Gasteiger partial charge is 0.389 e. The number of aliphatic hydroxyl groups is 1. The fourth-order valence-electron chi connectivity index (χ4n) is 2.24. The Morgan fingerprint density at radius 2 is 1.80 bits per heavy atom. The van der Waals surface area contributed by atoms with Crippen LogP contribution in [0, 0.1) is 11.6 Å². The van der Waals surface area contributed by atoms with E-state index in [4.69, 9.17) is 0 Å². The average molecular weight is 341 g/mol. The molecule has 0 spiro atoms. The minimum atomic E-state index is -1.08. The lowest BCUT2D eigenvalue weighted by atomic mass is 9.90. The zero-order chi connectivity index (χ0) is 14.8. The Kier molecular flexibility index (Phi) is 4.55. The summed E-state index contributed by atoms with van der Waals surface area (Å²) in [7, 11) is 0. The van der Waals surface area contributed by atoms with Gasteiger partial charge in [-0.05, 0) is 52.2 Å². The van der Waals surface area contributed by atoms with Gasteiger partial charge in [-0.3, -0.25) is 0 Å². The van der Waals surface area contributed by atoms with Gasteiger partial charge in [-0.15, -0.1) is 0 Å². The lowest BCUT2D eigenvalue weighted by molar-refractivity contribution is 0.0605. The van der Waals surface area contributed by atoms with E-state index in [-0.39, 0.29) is 18.1 Å². The topological polar surface area (TPSA) is 20.2 Å². The van der Waals surface area contributed by atoms with E-state index in [1.165, 1.54) is 18.2 Å². The quantitative estimate of drug-likeness (QED) is 0.881. The van der Waals surface area contributed by atoms with Crippen LogP contribution < -0.4 is 0 Å². The Morgan fingerprint density at radius 1 is 1.10 bits per heavy atom. The van der Waals surface area contributed by atoms with Crippen LogP contribution in [0.4, 0.5) is 8.78 Å². The van der Waals surface area contributed by atoms with Crippen molar-refractivity contribution < 1.29 is 13.9 Å². The minimum absolute atomic E-state index is 0.280. The van der Waals surface area contributed by atoms with Crippen molar-refractivity contribution in [1.82, 2.24) is 0 Å². The summed E-state index contributed by atoms with van der Waals surface area (Å²) < 4.78 is 27.0. The van der Waals surface area contributed by atoms with Crippen molar-refractivity contribution >= 4 is 15.9 Å². The highest BCUT2D eigenvalue weighted by Crippen LogP contribution is 2.26. The Bertz CT molecular complexity index is 611. The Balaban J connectivity index is 2.16. The van der Waals surface area contributed by atoms with Gasteiger partial charge in [-0.25, -0.2) is 8.78 Å². The third kappa shape index (κ3) is 3.87. The molecule has 0 amide bonds. The summed E-state index contributed by atoms with van der Waals surface area (Å²) in [5, 5.41) is 10.5. The summed E-state index contributed by atoms with van der Waals surface area (Å²) >= 11 is 3.18. The smallest absolute Gasteiger partial charge is 0.137 e. The third-order valence-electron chi connectivity index (χ3n) is 3.08. The number of rotatable bonds is 4. The van der Waals surface area contributed by atoms with Crippen molar-refractivity contribution in [2.24, 2.45) is 0 Å². The van der Waals surface area contributed by atoms with Crippen LogP contribution in [0.3, 0.4) is 0 Å². The molecule has 20 heavy (non-hydrogen) atoms. The lowest BCUT2D eigenvalue weighted by Gasteiger charge is -2.24. The van der Waals surface area contributed by atoms with Gasteiger partial charge in [0.05, 0.1) is 10.1 Å². The van der Waals surface area contributed by atoms with Gasteiger partial charge in [-0.2, -0.15) is 0 Å². The molecule has 106 valence electrons. The van der Waals surface area contributed by atoms with Crippen LogP contribution in [-0.4, -0.2) is 10.7 Å². The van der Waals surface area contributed by atoms with Crippen molar-refractivity contribution in [3.8, 4) is 0 Å². The van der Waals surface area contributed by atoms with Crippen molar-refractivity contribution in [2.45, 2.75) is 25.4 Å². The SMILES string of the molecule is CC(O)(Cc1cccc(F)c1)Cc1cccc(F)c1Br. The monoisotopic (exact) mass is 340 g/mol. The zero-order valence-corrected chi connectivity index (χ0v) is 12.6. The second kappa shape index (κ2) is 6.02. The molecule has 0 aliphatic carbocycles. The Labute approximate surface area is 125 Å². The zero-order valence-electron chi connectivity index (χ0n) is 11.0. The number of hydrogen-bond acceptors (Lipinski definition) is 1. The number of hydrogen-bond donors (Lipinski definition) is 1. The molecule has 0 aliphatic rings. The first-order valence-corrected chi connectivity index (χ1v) is 7.06. The third-order valence-corrected chi connectivity index (χ3v) is 3.96. The summed E-state index contributed by atoms with van der Waals surface area (Å²) in [6.45, 7) is 1.66. The molecule has 1 unspecified atom stereocenters. The van der Waals surface area contributed by atoms with Crippen molar-refractivity contribution in [3.63, 3.8) is 0 Å². The molecule has 0 aliphatic heterocycles. The summed E-state index contributed by atoms with van der Waals surface area (Å²) in [4.78, 5) is 0. The second-order valence-corrected chi connectivity index (χ2v) is 5.99. The molecule has 2 aromatic carbocycles. The van der Waals surface area contributed by atoms with Crippen LogP contribution in [0.25, 0.3) is 0 Å². The van der Waals surface area contributed by atoms with Crippen LogP contribution in [0.1, 0.15) is 18.1 Å². The molecule has 1 nitrogen and oxygen atoms in total. The van der Waals surface area contributed by atoms with E-state index in [1.54, 1.807) is 31.2 Å². The highest BCUT2D eigenvalue weighted by molar-refractivity contribution is 9.10. The minimum Gasteiger partial charge on any atom is -0.389 e. The van der Waals surface area contributed by atoms with Gasteiger partial charge in [0.1, 0.15) is 11.6 Å². The fraction of sp³-hybridized carbons (Fsp3) is 0.250. The number of benzene rings is 2. The van der Waals surface area contributed by atoms with Crippen molar-refractivity contribution in [1.29, 1.82) is 0 Å². The van der Waals surface area contributed by atoms with E-state index in [2.05, 4.69) is 15.9 Å². The summed E-state index contributed by atoms with van der Waals surface area (Å²) in [5.74, 6) is -0.686. The standard InChI is InChI=1S/C16H15BrF2O/c1-16(20,9-11-4-2-6-13(18)8-11)10-12-5-3-7-14(19)15(12)17/h2-8,20H,9-10H2,1H3. The molecule has 2 aromatic rings. The molecule has 4 heteroatoms. The van der Waals surface area contributed by atoms with Crippen LogP contribution in [0.15, 0.2) is 46.9 Å². The molecular weight excluding hydrogens is 326 g/mol. The van der Waals surface area contributed by atoms with E-state index in [0.717, 1.165) is 0 Å². The van der Waals surface area contributed by atoms with E-state index < -0.39 is 5.60 Å². The summed E-state index contributed by atoms with van der Waals surface area (Å²) in [5.41, 5.74) is 0.318. The first kappa shape index (κ1) is 15.1. The van der Waals surface area contributed by atoms with Gasteiger partial charge >= 0.3 is 0 Å². The molecule has 0 aromatic heterocycles. The molecule has 0 saturated carbocycles. The van der Waals surface area contributed by atoms with Crippen molar-refractivity contribution in [3.05, 3.63) is 69.7 Å². The summed E-state index contributed by atoms with van der Waals surface area (Å²) in [6.07, 6.45) is 0.579. The summed E-state index contributed by atoms with van der Waals surface area (Å²) in [6, 6.07) is 10.9. The molecule has 1 N–H and O–H groups in total. The second-order valence-electron chi connectivity index (χ2n) is 5.19. The maximum atomic E-state index is 13.5. The molecule has 1 atom stereocenters. The maximum Gasteiger partial charge on any atom is 0.137 e. The highest BCUT2D eigenvalue weighted by atomic mass is 79.9. The molecule has 0 fully saturated rings. The van der Waals surface area contributed by atoms with E-state index >= 15 is 0 Å². The highest BCUT2D eigenvalue weighted by Gasteiger charge is 2.23. The Morgan fingerprint density at radius 3 is 2.50 bits per heavy atom. The molecule has 0 radical (unpaired) electrons. The molecule has 0 heterocycles. The first-order valence-electron chi connectivity index (χ1n) is 6.27. The number of halogens is 3. The van der Waals surface area contributed by atoms with Crippen LogP contribution in [0.2, 0.25) is 0 Å². The van der Waals surface area contributed by atoms with Crippen molar-refractivity contribution in [2.75, 3.05) is 0 Å². The predicted octanol–water partition coefficient (Wildman–Crippen LogP) is 4.26. The lowest BCUT2D eigenvalue weighted by Crippen LogP contribution is -2.30. The average Bonchev–Trinajstić information content (AvgIpc) is 2.34. The van der Waals surface area contributed by atoms with Gasteiger partial charge in [0.2, 0.25) is 0 Å². The molecular formula is C16H15BrF2O. The maximum absolute atomic E-state index is 13.5.